The van der Waals surface area contributed by atoms with Gasteiger partial charge in [-0.15, -0.1) is 0 Å². The molecule has 2 aromatic heterocycles. The Morgan fingerprint density at radius 1 is 0.968 bits per heavy atom. The molecule has 9 nitrogen and oxygen atoms in total. The van der Waals surface area contributed by atoms with E-state index >= 15 is 0 Å². The van der Waals surface area contributed by atoms with E-state index in [-0.39, 0.29) is 5.75 Å². The lowest BCUT2D eigenvalue weighted by atomic mass is 10.2. The Kier molecular flexibility index (Phi) is 5.72. The van der Waals surface area contributed by atoms with Gasteiger partial charge in [0.25, 0.3) is 0 Å². The van der Waals surface area contributed by atoms with E-state index in [1.807, 2.05) is 32.0 Å². The van der Waals surface area contributed by atoms with E-state index < -0.39 is 10.0 Å². The third kappa shape index (κ3) is 5.10. The van der Waals surface area contributed by atoms with Gasteiger partial charge in [-0.2, -0.15) is 0 Å². The van der Waals surface area contributed by atoms with Crippen LogP contribution < -0.4 is 15.4 Å². The van der Waals surface area contributed by atoms with E-state index in [1.165, 1.54) is 0 Å². The van der Waals surface area contributed by atoms with Gasteiger partial charge in [0.1, 0.15) is 28.9 Å². The van der Waals surface area contributed by atoms with Crippen molar-refractivity contribution in [3.8, 4) is 0 Å². The average Bonchev–Trinajstić information content (AvgIpc) is 3.11. The van der Waals surface area contributed by atoms with Crippen molar-refractivity contribution in [1.29, 1.82) is 0 Å². The molecule has 0 amide bonds. The molecule has 31 heavy (non-hydrogen) atoms. The molecular formula is C21H22N6O3S. The summed E-state index contributed by atoms with van der Waals surface area (Å²) in [6.07, 6.45) is 0. The number of rotatable bonds is 8. The van der Waals surface area contributed by atoms with Crippen molar-refractivity contribution in [2.24, 2.45) is 0 Å². The molecule has 4 aromatic rings. The molecule has 0 saturated carbocycles. The summed E-state index contributed by atoms with van der Waals surface area (Å²) in [7, 11) is -3.66. The second-order valence-electron chi connectivity index (χ2n) is 6.90. The first-order valence-corrected chi connectivity index (χ1v) is 11.4. The number of sulfonamides is 1. The van der Waals surface area contributed by atoms with Gasteiger partial charge < -0.3 is 15.2 Å². The van der Waals surface area contributed by atoms with Crippen molar-refractivity contribution in [2.75, 3.05) is 21.9 Å². The Balaban J connectivity index is 1.44. The standard InChI is InChI=1S/C21H22N6O3S/c1-3-22-20-12-21(24-14(2)23-20)25-15-8-10-16(11-9-15)27-31(28,29)13-18-17-6-4-5-7-19(17)30-26-18/h4-12,27H,3,13H2,1-2H3,(H2,22,23,24,25). The molecule has 0 fully saturated rings. The highest BCUT2D eigenvalue weighted by Crippen LogP contribution is 2.23. The van der Waals surface area contributed by atoms with E-state index in [9.17, 15) is 8.42 Å². The zero-order chi connectivity index (χ0) is 21.8. The molecule has 0 saturated heterocycles. The summed E-state index contributed by atoms with van der Waals surface area (Å²) in [5, 5.41) is 10.9. The minimum atomic E-state index is -3.66. The largest absolute Gasteiger partial charge is 0.370 e. The van der Waals surface area contributed by atoms with Crippen LogP contribution in [0.3, 0.4) is 0 Å². The quantitative estimate of drug-likeness (QED) is 0.377. The van der Waals surface area contributed by atoms with Gasteiger partial charge in [-0.1, -0.05) is 17.3 Å². The second kappa shape index (κ2) is 8.60. The zero-order valence-corrected chi connectivity index (χ0v) is 17.9. The molecule has 160 valence electrons. The molecule has 2 aromatic carbocycles. The summed E-state index contributed by atoms with van der Waals surface area (Å²) in [4.78, 5) is 8.69. The van der Waals surface area contributed by atoms with Crippen molar-refractivity contribution in [1.82, 2.24) is 15.1 Å². The van der Waals surface area contributed by atoms with Crippen molar-refractivity contribution < 1.29 is 12.9 Å². The van der Waals surface area contributed by atoms with Crippen LogP contribution in [0, 0.1) is 6.92 Å². The maximum Gasteiger partial charge on any atom is 0.238 e. The summed E-state index contributed by atoms with van der Waals surface area (Å²) >= 11 is 0. The Morgan fingerprint density at radius 3 is 2.45 bits per heavy atom. The number of anilines is 4. The van der Waals surface area contributed by atoms with Crippen LogP contribution in [0.2, 0.25) is 0 Å². The van der Waals surface area contributed by atoms with E-state index in [2.05, 4.69) is 30.5 Å². The van der Waals surface area contributed by atoms with Crippen LogP contribution >= 0.6 is 0 Å². The lowest BCUT2D eigenvalue weighted by Crippen LogP contribution is -2.15. The van der Waals surface area contributed by atoms with Gasteiger partial charge in [-0.05, 0) is 50.2 Å². The van der Waals surface area contributed by atoms with E-state index in [4.69, 9.17) is 4.52 Å². The van der Waals surface area contributed by atoms with Gasteiger partial charge in [-0.25, -0.2) is 18.4 Å². The van der Waals surface area contributed by atoms with Crippen molar-refractivity contribution >= 4 is 44.0 Å². The first-order valence-electron chi connectivity index (χ1n) is 9.72. The van der Waals surface area contributed by atoms with E-state index in [1.54, 1.807) is 36.4 Å². The molecular weight excluding hydrogens is 416 g/mol. The normalized spacial score (nSPS) is 11.4. The fourth-order valence-corrected chi connectivity index (χ4v) is 4.25. The van der Waals surface area contributed by atoms with Crippen LogP contribution in [-0.4, -0.2) is 30.1 Å². The maximum atomic E-state index is 12.6. The van der Waals surface area contributed by atoms with E-state index in [0.717, 1.165) is 18.1 Å². The minimum absolute atomic E-state index is 0.280. The molecule has 0 radical (unpaired) electrons. The lowest BCUT2D eigenvalue weighted by Gasteiger charge is -2.11. The average molecular weight is 439 g/mol. The number of hydrogen-bond donors (Lipinski definition) is 3. The fraction of sp³-hybridized carbons (Fsp3) is 0.190. The summed E-state index contributed by atoms with van der Waals surface area (Å²) in [6, 6.07) is 15.9. The molecule has 2 heterocycles. The van der Waals surface area contributed by atoms with Gasteiger partial charge in [0.15, 0.2) is 5.58 Å². The predicted octanol–water partition coefficient (Wildman–Crippen LogP) is 4.04. The molecule has 0 aliphatic heterocycles. The molecule has 0 aliphatic carbocycles. The second-order valence-corrected chi connectivity index (χ2v) is 8.63. The molecule has 0 atom stereocenters. The minimum Gasteiger partial charge on any atom is -0.370 e. The van der Waals surface area contributed by atoms with Crippen LogP contribution in [-0.2, 0) is 15.8 Å². The fourth-order valence-electron chi connectivity index (χ4n) is 3.11. The molecule has 3 N–H and O–H groups in total. The summed E-state index contributed by atoms with van der Waals surface area (Å²) < 4.78 is 32.9. The molecule has 0 unspecified atom stereocenters. The van der Waals surface area contributed by atoms with Crippen LogP contribution in [0.5, 0.6) is 0 Å². The monoisotopic (exact) mass is 438 g/mol. The maximum absolute atomic E-state index is 12.6. The van der Waals surface area contributed by atoms with Gasteiger partial charge in [0.05, 0.1) is 0 Å². The number of aryl methyl sites for hydroxylation is 1. The molecule has 4 rings (SSSR count). The number of nitrogens with zero attached hydrogens (tertiary/aromatic N) is 3. The third-order valence-corrected chi connectivity index (χ3v) is 5.61. The molecule has 0 bridgehead atoms. The van der Waals surface area contributed by atoms with Gasteiger partial charge >= 0.3 is 0 Å². The number of para-hydroxylation sites is 1. The first-order chi connectivity index (χ1) is 14.9. The highest BCUT2D eigenvalue weighted by atomic mass is 32.2. The van der Waals surface area contributed by atoms with Gasteiger partial charge in [-0.3, -0.25) is 4.72 Å². The number of nitrogens with one attached hydrogen (secondary N) is 3. The zero-order valence-electron chi connectivity index (χ0n) is 17.1. The van der Waals surface area contributed by atoms with Crippen LogP contribution in [0.15, 0.2) is 59.1 Å². The number of aromatic nitrogens is 3. The highest BCUT2D eigenvalue weighted by Gasteiger charge is 2.17. The first kappa shape index (κ1) is 20.6. The van der Waals surface area contributed by atoms with Gasteiger partial charge in [0.2, 0.25) is 10.0 Å². The SMILES string of the molecule is CCNc1cc(Nc2ccc(NS(=O)(=O)Cc3noc4ccccc34)cc2)nc(C)n1. The molecule has 0 aliphatic rings. The Bertz CT molecular complexity index is 1300. The summed E-state index contributed by atoms with van der Waals surface area (Å²) in [5.41, 5.74) is 2.15. The number of benzene rings is 2. The molecule has 10 heteroatoms. The van der Waals surface area contributed by atoms with Gasteiger partial charge in [0, 0.05) is 29.4 Å². The highest BCUT2D eigenvalue weighted by molar-refractivity contribution is 7.91. The summed E-state index contributed by atoms with van der Waals surface area (Å²) in [6.45, 7) is 4.58. The number of fused-ring (bicyclic) bond motifs is 1. The lowest BCUT2D eigenvalue weighted by molar-refractivity contribution is 0.448. The Morgan fingerprint density at radius 2 is 1.68 bits per heavy atom. The molecule has 0 spiro atoms. The van der Waals surface area contributed by atoms with E-state index in [0.29, 0.717) is 34.0 Å². The third-order valence-electron chi connectivity index (χ3n) is 4.41. The Hall–Kier alpha value is -3.66. The van der Waals surface area contributed by atoms with Crippen molar-refractivity contribution in [3.63, 3.8) is 0 Å². The summed E-state index contributed by atoms with van der Waals surface area (Å²) in [5.74, 6) is 1.75. The smallest absolute Gasteiger partial charge is 0.238 e. The number of hydrogen-bond acceptors (Lipinski definition) is 8. The topological polar surface area (TPSA) is 122 Å². The van der Waals surface area contributed by atoms with Crippen molar-refractivity contribution in [3.05, 3.63) is 66.1 Å². The predicted molar refractivity (Wildman–Crippen MR) is 121 cm³/mol. The van der Waals surface area contributed by atoms with Crippen molar-refractivity contribution in [2.45, 2.75) is 19.6 Å². The van der Waals surface area contributed by atoms with Crippen LogP contribution in [0.1, 0.15) is 18.4 Å². The van der Waals surface area contributed by atoms with Crippen LogP contribution in [0.25, 0.3) is 11.0 Å². The Labute approximate surface area is 180 Å². The van der Waals surface area contributed by atoms with Crippen LogP contribution in [0.4, 0.5) is 23.0 Å².